The van der Waals surface area contributed by atoms with Crippen LogP contribution in [0.2, 0.25) is 5.02 Å². The number of aromatic carboxylic acids is 1. The lowest BCUT2D eigenvalue weighted by Gasteiger charge is -2.38. The number of fused-ring (bicyclic) bond motifs is 3. The molecule has 0 saturated heterocycles. The van der Waals surface area contributed by atoms with Crippen LogP contribution in [0, 0.1) is 16.0 Å². The Bertz CT molecular complexity index is 1270. The minimum atomic E-state index is -0.992. The first-order valence-electron chi connectivity index (χ1n) is 10.8. The second-order valence-corrected chi connectivity index (χ2v) is 10.8. The molecule has 0 unspecified atom stereocenters. The van der Waals surface area contributed by atoms with Crippen LogP contribution in [0.15, 0.2) is 71.6 Å². The van der Waals surface area contributed by atoms with Gasteiger partial charge in [-0.25, -0.2) is 4.79 Å². The summed E-state index contributed by atoms with van der Waals surface area (Å²) >= 11 is 14.6. The zero-order chi connectivity index (χ0) is 24.0. The number of carboxylic acids is 1. The van der Waals surface area contributed by atoms with Gasteiger partial charge in [0.25, 0.3) is 5.69 Å². The van der Waals surface area contributed by atoms with Crippen molar-refractivity contribution in [3.05, 3.63) is 98.6 Å². The highest BCUT2D eigenvalue weighted by molar-refractivity contribution is 8.00. The van der Waals surface area contributed by atoms with Crippen molar-refractivity contribution in [2.24, 2.45) is 5.92 Å². The monoisotopic (exact) mass is 514 g/mol. The molecule has 3 aromatic carbocycles. The van der Waals surface area contributed by atoms with Crippen molar-refractivity contribution in [2.45, 2.75) is 33.9 Å². The van der Waals surface area contributed by atoms with E-state index in [4.69, 9.17) is 23.2 Å². The van der Waals surface area contributed by atoms with E-state index in [1.807, 2.05) is 24.3 Å². The lowest BCUT2D eigenvalue weighted by atomic mass is 9.77. The summed E-state index contributed by atoms with van der Waals surface area (Å²) in [6, 6.07) is 19.4. The van der Waals surface area contributed by atoms with Crippen molar-refractivity contribution in [3.8, 4) is 0 Å². The largest absolute Gasteiger partial charge is 0.478 e. The molecule has 1 aliphatic carbocycles. The molecular weight excluding hydrogens is 495 g/mol. The predicted octanol–water partition coefficient (Wildman–Crippen LogP) is 6.99. The maximum atomic E-state index is 11.7. The van der Waals surface area contributed by atoms with Gasteiger partial charge in [0.2, 0.25) is 0 Å². The van der Waals surface area contributed by atoms with Gasteiger partial charge in [0.05, 0.1) is 26.8 Å². The molecule has 1 fully saturated rings. The van der Waals surface area contributed by atoms with Gasteiger partial charge in [-0.15, -0.1) is 23.4 Å². The molecule has 0 amide bonds. The van der Waals surface area contributed by atoms with E-state index in [0.29, 0.717) is 16.3 Å². The summed E-state index contributed by atoms with van der Waals surface area (Å²) in [5.41, 5.74) is 3.07. The van der Waals surface area contributed by atoms with Crippen LogP contribution in [0.1, 0.15) is 39.9 Å². The molecule has 0 radical (unpaired) electrons. The average molecular weight is 515 g/mol. The first-order valence-corrected chi connectivity index (χ1v) is 12.5. The molecule has 6 nitrogen and oxygen atoms in total. The van der Waals surface area contributed by atoms with Crippen molar-refractivity contribution >= 4 is 52.3 Å². The third-order valence-corrected chi connectivity index (χ3v) is 8.99. The number of para-hydroxylation sites is 1. The van der Waals surface area contributed by atoms with Crippen LogP contribution in [0.3, 0.4) is 0 Å². The third kappa shape index (κ3) is 4.13. The number of rotatable bonds is 5. The van der Waals surface area contributed by atoms with Gasteiger partial charge in [-0.2, -0.15) is 0 Å². The van der Waals surface area contributed by atoms with Crippen LogP contribution in [-0.4, -0.2) is 26.6 Å². The molecule has 2 N–H and O–H groups in total. The number of benzene rings is 3. The van der Waals surface area contributed by atoms with Gasteiger partial charge >= 0.3 is 5.97 Å². The fourth-order valence-electron chi connectivity index (χ4n) is 5.12. The summed E-state index contributed by atoms with van der Waals surface area (Å²) in [4.78, 5) is 23.4. The quantitative estimate of drug-likeness (QED) is 0.216. The number of hydrogen-bond donors (Lipinski definition) is 2. The number of carbonyl (C=O) groups is 1. The molecule has 34 heavy (non-hydrogen) atoms. The van der Waals surface area contributed by atoms with Gasteiger partial charge in [0, 0.05) is 27.9 Å². The van der Waals surface area contributed by atoms with Crippen molar-refractivity contribution in [3.63, 3.8) is 0 Å². The lowest BCUT2D eigenvalue weighted by molar-refractivity contribution is -0.387. The maximum Gasteiger partial charge on any atom is 0.335 e. The Balaban J connectivity index is 1.55. The molecular formula is C25H20Cl2N2O4S. The van der Waals surface area contributed by atoms with E-state index >= 15 is 0 Å². The first-order chi connectivity index (χ1) is 16.3. The van der Waals surface area contributed by atoms with E-state index in [2.05, 4.69) is 5.32 Å². The molecule has 1 aliphatic heterocycles. The molecule has 0 spiro atoms. The Morgan fingerprint density at radius 1 is 1.12 bits per heavy atom. The zero-order valence-corrected chi connectivity index (χ0v) is 20.1. The summed E-state index contributed by atoms with van der Waals surface area (Å²) in [6.45, 7) is 0. The molecule has 3 aromatic rings. The van der Waals surface area contributed by atoms with E-state index in [9.17, 15) is 20.0 Å². The van der Waals surface area contributed by atoms with Gasteiger partial charge in [0.15, 0.2) is 0 Å². The standard InChI is InChI=1S/C25H20Cl2N2O4S/c26-15-8-5-13(6-9-15)24-17-12-21(34-20-4-2-1-3-19(20)29(32)33)23(27)22(17)16-11-14(25(30)31)7-10-18(16)28-24/h1-11,17,21-24,28H,12H2,(H,30,31)/t17-,21+,22-,23+,24+/m0/s1. The van der Waals surface area contributed by atoms with Gasteiger partial charge in [0.1, 0.15) is 0 Å². The molecule has 0 bridgehead atoms. The summed E-state index contributed by atoms with van der Waals surface area (Å²) in [5.74, 6) is -1.03. The number of halogens is 2. The minimum Gasteiger partial charge on any atom is -0.478 e. The second kappa shape index (κ2) is 9.13. The third-order valence-electron chi connectivity index (χ3n) is 6.63. The van der Waals surface area contributed by atoms with E-state index in [-0.39, 0.29) is 44.7 Å². The van der Waals surface area contributed by atoms with Gasteiger partial charge in [-0.3, -0.25) is 10.1 Å². The Morgan fingerprint density at radius 3 is 2.56 bits per heavy atom. The number of alkyl halides is 1. The van der Waals surface area contributed by atoms with Crippen molar-refractivity contribution in [2.75, 3.05) is 5.32 Å². The van der Waals surface area contributed by atoms with Crippen LogP contribution in [0.25, 0.3) is 0 Å². The van der Waals surface area contributed by atoms with E-state index in [1.54, 1.807) is 36.4 Å². The molecule has 9 heteroatoms. The van der Waals surface area contributed by atoms with Crippen molar-refractivity contribution < 1.29 is 14.8 Å². The van der Waals surface area contributed by atoms with Gasteiger partial charge in [-0.05, 0) is 59.9 Å². The number of nitro benzene ring substituents is 1. The van der Waals surface area contributed by atoms with Crippen LogP contribution in [0.4, 0.5) is 11.4 Å². The molecule has 1 saturated carbocycles. The highest BCUT2D eigenvalue weighted by atomic mass is 35.5. The molecule has 5 atom stereocenters. The Hall–Kier alpha value is -2.74. The smallest absolute Gasteiger partial charge is 0.335 e. The van der Waals surface area contributed by atoms with E-state index in [0.717, 1.165) is 16.8 Å². The van der Waals surface area contributed by atoms with Crippen molar-refractivity contribution in [1.82, 2.24) is 0 Å². The topological polar surface area (TPSA) is 92.5 Å². The molecule has 1 heterocycles. The average Bonchev–Trinajstić information content (AvgIpc) is 3.15. The Labute approximate surface area is 210 Å². The molecule has 0 aromatic heterocycles. The van der Waals surface area contributed by atoms with Crippen LogP contribution < -0.4 is 5.32 Å². The number of hydrogen-bond acceptors (Lipinski definition) is 5. The zero-order valence-electron chi connectivity index (χ0n) is 17.7. The number of nitrogens with zero attached hydrogens (tertiary/aromatic N) is 1. The first kappa shape index (κ1) is 23.0. The van der Waals surface area contributed by atoms with Crippen LogP contribution in [0.5, 0.6) is 0 Å². The highest BCUT2D eigenvalue weighted by Crippen LogP contribution is 2.58. The number of thioether (sulfide) groups is 1. The number of carboxylic acid groups (broad SMARTS) is 1. The van der Waals surface area contributed by atoms with Crippen molar-refractivity contribution in [1.29, 1.82) is 0 Å². The summed E-state index contributed by atoms with van der Waals surface area (Å²) in [6.07, 6.45) is 0.715. The SMILES string of the molecule is O=C(O)c1ccc2c(c1)[C@@H]1[C@H](Cl)[C@H](Sc3ccccc3[N+](=O)[O-])C[C@@H]1[C@@H](c1ccc(Cl)cc1)N2. The Kier molecular flexibility index (Phi) is 6.18. The summed E-state index contributed by atoms with van der Waals surface area (Å²) in [7, 11) is 0. The number of anilines is 1. The Morgan fingerprint density at radius 2 is 1.85 bits per heavy atom. The molecule has 174 valence electrons. The normalized spacial score (nSPS) is 25.2. The molecule has 2 aliphatic rings. The summed E-state index contributed by atoms with van der Waals surface area (Å²) in [5, 5.41) is 24.9. The maximum absolute atomic E-state index is 11.7. The molecule has 5 rings (SSSR count). The van der Waals surface area contributed by atoms with E-state index < -0.39 is 5.97 Å². The van der Waals surface area contributed by atoms with Crippen LogP contribution >= 0.6 is 35.0 Å². The van der Waals surface area contributed by atoms with Gasteiger partial charge in [-0.1, -0.05) is 35.9 Å². The number of nitrogens with one attached hydrogen (secondary N) is 1. The number of nitro groups is 1. The fraction of sp³-hybridized carbons (Fsp3) is 0.240. The predicted molar refractivity (Wildman–Crippen MR) is 134 cm³/mol. The highest BCUT2D eigenvalue weighted by Gasteiger charge is 2.50. The second-order valence-electron chi connectivity index (χ2n) is 8.53. The minimum absolute atomic E-state index is 0.0527. The summed E-state index contributed by atoms with van der Waals surface area (Å²) < 4.78 is 0. The van der Waals surface area contributed by atoms with E-state index in [1.165, 1.54) is 17.8 Å². The fourth-order valence-corrected chi connectivity index (χ4v) is 7.19. The van der Waals surface area contributed by atoms with Gasteiger partial charge < -0.3 is 10.4 Å². The lowest BCUT2D eigenvalue weighted by Crippen LogP contribution is -2.31. The van der Waals surface area contributed by atoms with Crippen LogP contribution in [-0.2, 0) is 0 Å².